The summed E-state index contributed by atoms with van der Waals surface area (Å²) in [5, 5.41) is -0.453. The standard InChI is InChI=1S/C18H20ClFO/c1-18(2,3)15-8-6-5-7-13(15)17(19)14-11-12(20)9-10-16(14)21-4/h5-11,17H,1-4H3. The van der Waals surface area contributed by atoms with Crippen LogP contribution in [0.4, 0.5) is 4.39 Å². The van der Waals surface area contributed by atoms with Gasteiger partial charge in [-0.3, -0.25) is 0 Å². The minimum atomic E-state index is -0.453. The van der Waals surface area contributed by atoms with Gasteiger partial charge in [0.05, 0.1) is 12.5 Å². The van der Waals surface area contributed by atoms with Crippen LogP contribution in [0.3, 0.4) is 0 Å². The molecule has 0 aliphatic heterocycles. The summed E-state index contributed by atoms with van der Waals surface area (Å²) in [6, 6.07) is 12.4. The molecular weight excluding hydrogens is 287 g/mol. The molecule has 0 aliphatic rings. The van der Waals surface area contributed by atoms with Crippen LogP contribution >= 0.6 is 11.6 Å². The van der Waals surface area contributed by atoms with Gasteiger partial charge >= 0.3 is 0 Å². The molecule has 0 aromatic heterocycles. The maximum Gasteiger partial charge on any atom is 0.124 e. The SMILES string of the molecule is COc1ccc(F)cc1C(Cl)c1ccccc1C(C)(C)C. The van der Waals surface area contributed by atoms with Crippen LogP contribution in [0.25, 0.3) is 0 Å². The van der Waals surface area contributed by atoms with Crippen molar-refractivity contribution in [1.29, 1.82) is 0 Å². The first-order valence-electron chi connectivity index (χ1n) is 6.91. The van der Waals surface area contributed by atoms with Crippen LogP contribution in [-0.2, 0) is 5.41 Å². The fourth-order valence-electron chi connectivity index (χ4n) is 2.47. The van der Waals surface area contributed by atoms with Crippen LogP contribution < -0.4 is 4.74 Å². The normalized spacial score (nSPS) is 13.0. The van der Waals surface area contributed by atoms with Gasteiger partial charge in [-0.05, 0) is 34.7 Å². The third-order valence-corrected chi connectivity index (χ3v) is 3.98. The summed E-state index contributed by atoms with van der Waals surface area (Å²) in [7, 11) is 1.57. The number of methoxy groups -OCH3 is 1. The quantitative estimate of drug-likeness (QED) is 0.684. The lowest BCUT2D eigenvalue weighted by Gasteiger charge is -2.25. The highest BCUT2D eigenvalue weighted by Gasteiger charge is 2.24. The van der Waals surface area contributed by atoms with Crippen LogP contribution in [0.5, 0.6) is 5.75 Å². The number of benzene rings is 2. The second-order valence-corrected chi connectivity index (χ2v) is 6.52. The van der Waals surface area contributed by atoms with Gasteiger partial charge in [-0.2, -0.15) is 0 Å². The molecular formula is C18H20ClFO. The Morgan fingerprint density at radius 3 is 2.33 bits per heavy atom. The zero-order valence-corrected chi connectivity index (χ0v) is 13.5. The Morgan fingerprint density at radius 2 is 1.71 bits per heavy atom. The second-order valence-electron chi connectivity index (χ2n) is 6.09. The van der Waals surface area contributed by atoms with Crippen LogP contribution in [0.2, 0.25) is 0 Å². The van der Waals surface area contributed by atoms with E-state index in [2.05, 4.69) is 26.8 Å². The molecule has 0 fully saturated rings. The topological polar surface area (TPSA) is 9.23 Å². The van der Waals surface area contributed by atoms with Gasteiger partial charge in [-0.25, -0.2) is 4.39 Å². The number of alkyl halides is 1. The minimum absolute atomic E-state index is 0.0374. The van der Waals surface area contributed by atoms with Crippen molar-refractivity contribution in [2.24, 2.45) is 0 Å². The van der Waals surface area contributed by atoms with Crippen LogP contribution in [-0.4, -0.2) is 7.11 Å². The number of halogens is 2. The predicted molar refractivity (Wildman–Crippen MR) is 85.8 cm³/mol. The number of ether oxygens (including phenoxy) is 1. The molecule has 2 aromatic carbocycles. The average molecular weight is 307 g/mol. The summed E-state index contributed by atoms with van der Waals surface area (Å²) in [6.45, 7) is 6.41. The zero-order valence-electron chi connectivity index (χ0n) is 12.8. The molecule has 0 spiro atoms. The summed E-state index contributed by atoms with van der Waals surface area (Å²) in [6.07, 6.45) is 0. The smallest absolute Gasteiger partial charge is 0.124 e. The summed E-state index contributed by atoms with van der Waals surface area (Å²) in [4.78, 5) is 0. The van der Waals surface area contributed by atoms with E-state index in [-0.39, 0.29) is 11.2 Å². The largest absolute Gasteiger partial charge is 0.496 e. The van der Waals surface area contributed by atoms with Gasteiger partial charge in [0, 0.05) is 5.56 Å². The lowest BCUT2D eigenvalue weighted by molar-refractivity contribution is 0.408. The minimum Gasteiger partial charge on any atom is -0.496 e. The molecule has 0 aliphatic carbocycles. The van der Waals surface area contributed by atoms with E-state index in [0.717, 1.165) is 11.1 Å². The molecule has 2 aromatic rings. The van der Waals surface area contributed by atoms with Gasteiger partial charge in [0.15, 0.2) is 0 Å². The first-order chi connectivity index (χ1) is 9.84. The highest BCUT2D eigenvalue weighted by molar-refractivity contribution is 6.23. The van der Waals surface area contributed by atoms with Gasteiger partial charge in [-0.1, -0.05) is 45.0 Å². The zero-order chi connectivity index (χ0) is 15.6. The Kier molecular flexibility index (Phi) is 4.58. The number of hydrogen-bond donors (Lipinski definition) is 0. The van der Waals surface area contributed by atoms with Gasteiger partial charge in [0.1, 0.15) is 11.6 Å². The highest BCUT2D eigenvalue weighted by atomic mass is 35.5. The van der Waals surface area contributed by atoms with Gasteiger partial charge in [-0.15, -0.1) is 11.6 Å². The molecule has 1 unspecified atom stereocenters. The van der Waals surface area contributed by atoms with E-state index in [0.29, 0.717) is 11.3 Å². The van der Waals surface area contributed by atoms with E-state index < -0.39 is 5.38 Å². The van der Waals surface area contributed by atoms with Crippen LogP contribution in [0.15, 0.2) is 42.5 Å². The fraction of sp³-hybridized carbons (Fsp3) is 0.333. The fourth-order valence-corrected chi connectivity index (χ4v) is 2.83. The van der Waals surface area contributed by atoms with Gasteiger partial charge in [0.25, 0.3) is 0 Å². The molecule has 1 atom stereocenters. The first kappa shape index (κ1) is 15.8. The van der Waals surface area contributed by atoms with Crippen molar-refractivity contribution in [3.05, 3.63) is 65.0 Å². The summed E-state index contributed by atoms with van der Waals surface area (Å²) in [5.41, 5.74) is 2.74. The summed E-state index contributed by atoms with van der Waals surface area (Å²) < 4.78 is 18.9. The summed E-state index contributed by atoms with van der Waals surface area (Å²) in [5.74, 6) is 0.282. The van der Waals surface area contributed by atoms with Crippen molar-refractivity contribution in [3.63, 3.8) is 0 Å². The van der Waals surface area contributed by atoms with Crippen molar-refractivity contribution in [2.75, 3.05) is 7.11 Å². The van der Waals surface area contributed by atoms with Crippen molar-refractivity contribution >= 4 is 11.6 Å². The monoisotopic (exact) mass is 306 g/mol. The Morgan fingerprint density at radius 1 is 1.05 bits per heavy atom. The molecule has 1 nitrogen and oxygen atoms in total. The maximum atomic E-state index is 13.6. The third kappa shape index (κ3) is 3.38. The van der Waals surface area contributed by atoms with Crippen molar-refractivity contribution in [1.82, 2.24) is 0 Å². The molecule has 0 amide bonds. The van der Waals surface area contributed by atoms with E-state index in [1.54, 1.807) is 13.2 Å². The molecule has 0 N–H and O–H groups in total. The van der Waals surface area contributed by atoms with E-state index in [4.69, 9.17) is 16.3 Å². The average Bonchev–Trinajstić information content (AvgIpc) is 2.45. The van der Waals surface area contributed by atoms with Crippen LogP contribution in [0.1, 0.15) is 42.8 Å². The lowest BCUT2D eigenvalue weighted by Crippen LogP contribution is -2.15. The maximum absolute atomic E-state index is 13.6. The number of hydrogen-bond acceptors (Lipinski definition) is 1. The Labute approximate surface area is 130 Å². The van der Waals surface area contributed by atoms with E-state index in [1.165, 1.54) is 12.1 Å². The number of rotatable bonds is 3. The molecule has 0 saturated carbocycles. The molecule has 0 saturated heterocycles. The van der Waals surface area contributed by atoms with Crippen molar-refractivity contribution in [2.45, 2.75) is 31.6 Å². The Balaban J connectivity index is 2.56. The van der Waals surface area contributed by atoms with Crippen molar-refractivity contribution in [3.8, 4) is 5.75 Å². The van der Waals surface area contributed by atoms with Gasteiger partial charge in [0.2, 0.25) is 0 Å². The van der Waals surface area contributed by atoms with E-state index in [9.17, 15) is 4.39 Å². The van der Waals surface area contributed by atoms with E-state index >= 15 is 0 Å². The molecule has 0 radical (unpaired) electrons. The molecule has 0 bridgehead atoms. The highest BCUT2D eigenvalue weighted by Crippen LogP contribution is 2.39. The molecule has 2 rings (SSSR count). The molecule has 0 heterocycles. The van der Waals surface area contributed by atoms with E-state index in [1.807, 2.05) is 18.2 Å². The Bertz CT molecular complexity index is 631. The summed E-state index contributed by atoms with van der Waals surface area (Å²) >= 11 is 6.65. The van der Waals surface area contributed by atoms with Crippen molar-refractivity contribution < 1.29 is 9.13 Å². The van der Waals surface area contributed by atoms with Gasteiger partial charge < -0.3 is 4.74 Å². The first-order valence-corrected chi connectivity index (χ1v) is 7.35. The molecule has 112 valence electrons. The molecule has 21 heavy (non-hydrogen) atoms. The Hall–Kier alpha value is -1.54. The second kappa shape index (κ2) is 6.07. The third-order valence-electron chi connectivity index (χ3n) is 3.51. The van der Waals surface area contributed by atoms with Crippen LogP contribution in [0, 0.1) is 5.82 Å². The lowest BCUT2D eigenvalue weighted by atomic mass is 9.82. The molecule has 3 heteroatoms. The predicted octanol–water partition coefficient (Wildman–Crippen LogP) is 5.46.